The van der Waals surface area contributed by atoms with Crippen molar-refractivity contribution in [1.82, 2.24) is 10.2 Å². The molecule has 0 spiro atoms. The molecule has 1 amide bonds. The highest BCUT2D eigenvalue weighted by molar-refractivity contribution is 9.10. The number of amides is 1. The largest absolute Gasteiger partial charge is 0.351 e. The first-order chi connectivity index (χ1) is 7.13. The Labute approximate surface area is 102 Å². The Hall–Kier alpha value is -0.390. The van der Waals surface area contributed by atoms with E-state index in [-0.39, 0.29) is 11.9 Å². The van der Waals surface area contributed by atoms with Crippen LogP contribution in [0.5, 0.6) is 0 Å². The molecule has 2 heterocycles. The molecule has 1 saturated heterocycles. The van der Waals surface area contributed by atoms with Crippen molar-refractivity contribution in [2.75, 3.05) is 13.1 Å². The summed E-state index contributed by atoms with van der Waals surface area (Å²) in [7, 11) is 0. The highest BCUT2D eigenvalue weighted by atomic mass is 79.9. The Bertz CT molecular complexity index is 366. The van der Waals surface area contributed by atoms with E-state index in [1.54, 1.807) is 11.3 Å². The minimum Gasteiger partial charge on any atom is -0.351 e. The molecule has 0 aliphatic carbocycles. The van der Waals surface area contributed by atoms with Crippen LogP contribution < -0.4 is 5.32 Å². The lowest BCUT2D eigenvalue weighted by atomic mass is 10.2. The van der Waals surface area contributed by atoms with Crippen LogP contribution in [-0.4, -0.2) is 29.9 Å². The van der Waals surface area contributed by atoms with Crippen molar-refractivity contribution in [3.05, 3.63) is 20.8 Å². The van der Waals surface area contributed by atoms with Crippen molar-refractivity contribution in [3.63, 3.8) is 0 Å². The van der Waals surface area contributed by atoms with Crippen molar-refractivity contribution in [2.45, 2.75) is 19.5 Å². The summed E-state index contributed by atoms with van der Waals surface area (Å²) in [4.78, 5) is 14.8. The maximum absolute atomic E-state index is 11.3. The number of nitrogens with one attached hydrogen (secondary N) is 1. The minimum atomic E-state index is 0.129. The molecule has 1 atom stereocenters. The van der Waals surface area contributed by atoms with Crippen molar-refractivity contribution in [3.8, 4) is 0 Å². The summed E-state index contributed by atoms with van der Waals surface area (Å²) in [6.45, 7) is 4.35. The lowest BCUT2D eigenvalue weighted by molar-refractivity contribution is -0.125. The molecule has 0 aromatic carbocycles. The second-order valence-corrected chi connectivity index (χ2v) is 5.78. The van der Waals surface area contributed by atoms with E-state index < -0.39 is 0 Å². The summed E-state index contributed by atoms with van der Waals surface area (Å²) in [6.07, 6.45) is 0. The van der Waals surface area contributed by atoms with E-state index in [4.69, 9.17) is 0 Å². The second kappa shape index (κ2) is 4.63. The van der Waals surface area contributed by atoms with Crippen molar-refractivity contribution in [2.24, 2.45) is 0 Å². The van der Waals surface area contributed by atoms with Crippen LogP contribution in [0.1, 0.15) is 11.8 Å². The first-order valence-electron chi connectivity index (χ1n) is 4.88. The zero-order valence-electron chi connectivity index (χ0n) is 8.50. The van der Waals surface area contributed by atoms with Crippen molar-refractivity contribution in [1.29, 1.82) is 0 Å². The Morgan fingerprint density at radius 1 is 1.73 bits per heavy atom. The molecule has 5 heteroatoms. The van der Waals surface area contributed by atoms with Gasteiger partial charge in [0.25, 0.3) is 0 Å². The fourth-order valence-electron chi connectivity index (χ4n) is 1.80. The van der Waals surface area contributed by atoms with Crippen LogP contribution >= 0.6 is 27.3 Å². The van der Waals surface area contributed by atoms with E-state index in [1.165, 1.54) is 4.88 Å². The lowest BCUT2D eigenvalue weighted by Gasteiger charge is -2.30. The van der Waals surface area contributed by atoms with Crippen LogP contribution in [0.3, 0.4) is 0 Å². The SMILES string of the molecule is CC1CN(Cc2cc(Br)cs2)CC(=O)N1. The Morgan fingerprint density at radius 2 is 2.53 bits per heavy atom. The third kappa shape index (κ3) is 3.03. The number of hydrogen-bond donors (Lipinski definition) is 1. The monoisotopic (exact) mass is 288 g/mol. The van der Waals surface area contributed by atoms with Crippen LogP contribution in [-0.2, 0) is 11.3 Å². The molecule has 1 N–H and O–H groups in total. The van der Waals surface area contributed by atoms with Gasteiger partial charge in [-0.1, -0.05) is 0 Å². The van der Waals surface area contributed by atoms with Gasteiger partial charge in [0.1, 0.15) is 0 Å². The predicted octanol–water partition coefficient (Wildman–Crippen LogP) is 1.83. The summed E-state index contributed by atoms with van der Waals surface area (Å²) in [5, 5.41) is 4.99. The summed E-state index contributed by atoms with van der Waals surface area (Å²) < 4.78 is 1.12. The first kappa shape index (κ1) is 11.1. The van der Waals surface area contributed by atoms with Gasteiger partial charge in [0.05, 0.1) is 6.54 Å². The zero-order valence-corrected chi connectivity index (χ0v) is 10.9. The maximum Gasteiger partial charge on any atom is 0.234 e. The topological polar surface area (TPSA) is 32.3 Å². The van der Waals surface area contributed by atoms with Crippen molar-refractivity contribution >= 4 is 33.2 Å². The molecule has 15 heavy (non-hydrogen) atoms. The van der Waals surface area contributed by atoms with Gasteiger partial charge in [-0.2, -0.15) is 0 Å². The number of thiophene rings is 1. The normalized spacial score (nSPS) is 22.8. The van der Waals surface area contributed by atoms with Gasteiger partial charge in [-0.3, -0.25) is 9.69 Å². The zero-order chi connectivity index (χ0) is 10.8. The van der Waals surface area contributed by atoms with Gasteiger partial charge in [0.2, 0.25) is 5.91 Å². The number of halogens is 1. The molecule has 0 bridgehead atoms. The Morgan fingerprint density at radius 3 is 3.13 bits per heavy atom. The molecular weight excluding hydrogens is 276 g/mol. The van der Waals surface area contributed by atoms with Crippen LogP contribution in [0.25, 0.3) is 0 Å². The number of rotatable bonds is 2. The van der Waals surface area contributed by atoms with Gasteiger partial charge in [-0.15, -0.1) is 11.3 Å². The standard InChI is InChI=1S/C10H13BrN2OS/c1-7-3-13(5-10(14)12-7)4-9-2-8(11)6-15-9/h2,6-7H,3-5H2,1H3,(H,12,14). The van der Waals surface area contributed by atoms with Gasteiger partial charge < -0.3 is 5.32 Å². The molecule has 2 rings (SSSR count). The van der Waals surface area contributed by atoms with E-state index in [0.29, 0.717) is 6.54 Å². The molecule has 82 valence electrons. The Balaban J connectivity index is 1.97. The molecule has 1 aliphatic rings. The average molecular weight is 289 g/mol. The molecule has 1 fully saturated rings. The van der Waals surface area contributed by atoms with Crippen molar-refractivity contribution < 1.29 is 4.79 Å². The number of nitrogens with zero attached hydrogens (tertiary/aromatic N) is 1. The van der Waals surface area contributed by atoms with E-state index >= 15 is 0 Å². The van der Waals surface area contributed by atoms with Crippen LogP contribution in [0.4, 0.5) is 0 Å². The summed E-state index contributed by atoms with van der Waals surface area (Å²) in [6, 6.07) is 2.37. The Kier molecular flexibility index (Phi) is 3.43. The van der Waals surface area contributed by atoms with E-state index in [1.807, 2.05) is 6.92 Å². The van der Waals surface area contributed by atoms with Gasteiger partial charge in [0, 0.05) is 33.9 Å². The molecular formula is C10H13BrN2OS. The van der Waals surface area contributed by atoms with Gasteiger partial charge in [-0.05, 0) is 28.9 Å². The van der Waals surface area contributed by atoms with Gasteiger partial charge >= 0.3 is 0 Å². The van der Waals surface area contributed by atoms with E-state index in [0.717, 1.165) is 17.6 Å². The molecule has 1 aromatic rings. The number of hydrogen-bond acceptors (Lipinski definition) is 3. The average Bonchev–Trinajstić information content (AvgIpc) is 2.49. The lowest BCUT2D eigenvalue weighted by Crippen LogP contribution is -2.52. The highest BCUT2D eigenvalue weighted by Crippen LogP contribution is 2.21. The number of carbonyl (C=O) groups is 1. The van der Waals surface area contributed by atoms with E-state index in [2.05, 4.69) is 37.6 Å². The molecule has 1 aromatic heterocycles. The third-order valence-corrected chi connectivity index (χ3v) is 3.99. The van der Waals surface area contributed by atoms with Crippen LogP contribution in [0.2, 0.25) is 0 Å². The molecule has 0 saturated carbocycles. The van der Waals surface area contributed by atoms with Crippen LogP contribution in [0.15, 0.2) is 15.9 Å². The summed E-state index contributed by atoms with van der Waals surface area (Å²) in [5.74, 6) is 0.129. The van der Waals surface area contributed by atoms with Crippen LogP contribution in [0, 0.1) is 0 Å². The fourth-order valence-corrected chi connectivity index (χ4v) is 3.29. The quantitative estimate of drug-likeness (QED) is 0.901. The number of piperazine rings is 1. The maximum atomic E-state index is 11.3. The smallest absolute Gasteiger partial charge is 0.234 e. The molecule has 3 nitrogen and oxygen atoms in total. The summed E-state index contributed by atoms with van der Waals surface area (Å²) in [5.41, 5.74) is 0. The van der Waals surface area contributed by atoms with Gasteiger partial charge in [0.15, 0.2) is 0 Å². The first-order valence-corrected chi connectivity index (χ1v) is 6.55. The molecule has 0 radical (unpaired) electrons. The number of carbonyl (C=O) groups excluding carboxylic acids is 1. The molecule has 1 aliphatic heterocycles. The summed E-state index contributed by atoms with van der Waals surface area (Å²) >= 11 is 5.16. The highest BCUT2D eigenvalue weighted by Gasteiger charge is 2.21. The predicted molar refractivity (Wildman–Crippen MR) is 64.9 cm³/mol. The molecule has 1 unspecified atom stereocenters. The minimum absolute atomic E-state index is 0.129. The second-order valence-electron chi connectivity index (χ2n) is 3.87. The van der Waals surface area contributed by atoms with Gasteiger partial charge in [-0.25, -0.2) is 0 Å². The third-order valence-electron chi connectivity index (χ3n) is 2.31. The fraction of sp³-hybridized carbons (Fsp3) is 0.500. The van der Waals surface area contributed by atoms with E-state index in [9.17, 15) is 4.79 Å².